The number of ether oxygens (including phenoxy) is 3. The number of fused-ring (bicyclic) bond motifs is 1. The van der Waals surface area contributed by atoms with Crippen molar-refractivity contribution in [3.63, 3.8) is 0 Å². The molecule has 0 aliphatic carbocycles. The fraction of sp³-hybridized carbons (Fsp3) is 0.143. The molecule has 1 amide bonds. The Morgan fingerprint density at radius 2 is 1.76 bits per heavy atom. The molecule has 2 heterocycles. The van der Waals surface area contributed by atoms with Crippen LogP contribution in [0.2, 0.25) is 0 Å². The number of alkyl halides is 3. The average Bonchev–Trinajstić information content (AvgIpc) is 2.79. The second-order valence-electron chi connectivity index (χ2n) is 6.97. The zero-order chi connectivity index (χ0) is 24.5. The molecule has 0 unspecified atom stereocenters. The standard InChI is InChI=1S/C21H17F3N6O4/c1-32-13-6-10(17(25)26)7-14(8-13)33-19-16-18(27-9-15(31)28-16)29-20(30-19)34-12-4-2-11(3-5-12)21(22,23)24/h2-8H,9H2,1H3,(H3,25,26)(H,28,31)(H,27,29,30). The van der Waals surface area contributed by atoms with Crippen LogP contribution in [0.15, 0.2) is 42.5 Å². The fourth-order valence-electron chi connectivity index (χ4n) is 2.96. The number of rotatable bonds is 6. The molecule has 2 aromatic carbocycles. The van der Waals surface area contributed by atoms with Crippen LogP contribution in [0.25, 0.3) is 0 Å². The van der Waals surface area contributed by atoms with Crippen LogP contribution in [0.3, 0.4) is 0 Å². The van der Waals surface area contributed by atoms with Crippen molar-refractivity contribution < 1.29 is 32.2 Å². The Hall–Kier alpha value is -4.55. The molecule has 1 aromatic heterocycles. The van der Waals surface area contributed by atoms with Gasteiger partial charge in [-0.1, -0.05) is 0 Å². The maximum Gasteiger partial charge on any atom is 0.416 e. The topological polar surface area (TPSA) is 144 Å². The first-order valence-electron chi connectivity index (χ1n) is 9.64. The first kappa shape index (κ1) is 22.6. The van der Waals surface area contributed by atoms with E-state index in [9.17, 15) is 18.0 Å². The Labute approximate surface area is 190 Å². The monoisotopic (exact) mass is 474 g/mol. The van der Waals surface area contributed by atoms with Crippen LogP contribution in [0, 0.1) is 5.41 Å². The Kier molecular flexibility index (Phi) is 5.84. The highest BCUT2D eigenvalue weighted by atomic mass is 19.4. The number of nitrogens with two attached hydrogens (primary N) is 1. The molecule has 34 heavy (non-hydrogen) atoms. The van der Waals surface area contributed by atoms with Crippen molar-refractivity contribution in [3.05, 3.63) is 53.6 Å². The van der Waals surface area contributed by atoms with E-state index >= 15 is 0 Å². The number of benzene rings is 2. The van der Waals surface area contributed by atoms with Gasteiger partial charge in [-0.25, -0.2) is 0 Å². The number of nitrogens with zero attached hydrogens (tertiary/aromatic N) is 2. The number of hydrogen-bond donors (Lipinski definition) is 4. The molecule has 13 heteroatoms. The fourth-order valence-corrected chi connectivity index (χ4v) is 2.96. The molecular weight excluding hydrogens is 457 g/mol. The highest BCUT2D eigenvalue weighted by Gasteiger charge is 2.30. The maximum atomic E-state index is 12.8. The van der Waals surface area contributed by atoms with E-state index < -0.39 is 11.7 Å². The van der Waals surface area contributed by atoms with Crippen molar-refractivity contribution in [1.82, 2.24) is 9.97 Å². The van der Waals surface area contributed by atoms with Gasteiger partial charge in [-0.15, -0.1) is 0 Å². The van der Waals surface area contributed by atoms with Crippen LogP contribution in [0.5, 0.6) is 29.1 Å². The Balaban J connectivity index is 1.70. The number of amidine groups is 1. The lowest BCUT2D eigenvalue weighted by molar-refractivity contribution is -0.137. The number of carbonyl (C=O) groups is 1. The number of nitrogen functional groups attached to an aromatic ring is 1. The molecule has 0 atom stereocenters. The number of carbonyl (C=O) groups excluding carboxylic acids is 1. The first-order valence-corrected chi connectivity index (χ1v) is 9.64. The summed E-state index contributed by atoms with van der Waals surface area (Å²) in [6.45, 7) is -0.0726. The van der Waals surface area contributed by atoms with Crippen LogP contribution in [0.4, 0.5) is 24.7 Å². The van der Waals surface area contributed by atoms with Gasteiger partial charge < -0.3 is 30.6 Å². The van der Waals surface area contributed by atoms with Crippen molar-refractivity contribution in [1.29, 1.82) is 5.41 Å². The third kappa shape index (κ3) is 4.92. The van der Waals surface area contributed by atoms with E-state index in [2.05, 4.69) is 20.6 Å². The van der Waals surface area contributed by atoms with Gasteiger partial charge in [0.1, 0.15) is 28.8 Å². The second kappa shape index (κ2) is 8.77. The van der Waals surface area contributed by atoms with Gasteiger partial charge in [-0.2, -0.15) is 23.1 Å². The summed E-state index contributed by atoms with van der Waals surface area (Å²) in [6.07, 6.45) is -4.49. The molecule has 3 aromatic rings. The van der Waals surface area contributed by atoms with E-state index in [0.717, 1.165) is 24.3 Å². The van der Waals surface area contributed by atoms with E-state index in [-0.39, 0.29) is 53.2 Å². The van der Waals surface area contributed by atoms with E-state index in [4.69, 9.17) is 25.4 Å². The van der Waals surface area contributed by atoms with Gasteiger partial charge in [0.15, 0.2) is 5.82 Å². The molecular formula is C21H17F3N6O4. The van der Waals surface area contributed by atoms with Crippen LogP contribution in [-0.2, 0) is 11.0 Å². The normalized spacial score (nSPS) is 12.8. The van der Waals surface area contributed by atoms with E-state index in [0.29, 0.717) is 11.3 Å². The summed E-state index contributed by atoms with van der Waals surface area (Å²) in [6, 6.07) is 8.25. The van der Waals surface area contributed by atoms with Gasteiger partial charge in [0, 0.05) is 11.6 Å². The highest BCUT2D eigenvalue weighted by molar-refractivity contribution is 6.01. The summed E-state index contributed by atoms with van der Waals surface area (Å²) in [5, 5.41) is 13.1. The highest BCUT2D eigenvalue weighted by Crippen LogP contribution is 2.38. The van der Waals surface area contributed by atoms with Crippen LogP contribution < -0.4 is 30.6 Å². The van der Waals surface area contributed by atoms with Gasteiger partial charge in [0.05, 0.1) is 19.2 Å². The zero-order valence-corrected chi connectivity index (χ0v) is 17.5. The van der Waals surface area contributed by atoms with Crippen molar-refractivity contribution >= 4 is 23.2 Å². The molecule has 0 spiro atoms. The number of halogens is 3. The van der Waals surface area contributed by atoms with Gasteiger partial charge in [0.25, 0.3) is 5.88 Å². The Bertz CT molecular complexity index is 1260. The maximum absolute atomic E-state index is 12.8. The molecule has 0 radical (unpaired) electrons. The summed E-state index contributed by atoms with van der Waals surface area (Å²) in [5.41, 5.74) is 5.18. The summed E-state index contributed by atoms with van der Waals surface area (Å²) in [4.78, 5) is 20.2. The van der Waals surface area contributed by atoms with Crippen molar-refractivity contribution in [3.8, 4) is 29.1 Å². The lowest BCUT2D eigenvalue weighted by atomic mass is 10.2. The minimum atomic E-state index is -4.49. The lowest BCUT2D eigenvalue weighted by Crippen LogP contribution is -2.28. The lowest BCUT2D eigenvalue weighted by Gasteiger charge is -2.21. The number of hydrogen-bond acceptors (Lipinski definition) is 8. The predicted octanol–water partition coefficient (Wildman–Crippen LogP) is 3.74. The van der Waals surface area contributed by atoms with Crippen LogP contribution in [0.1, 0.15) is 11.1 Å². The van der Waals surface area contributed by atoms with Crippen LogP contribution in [-0.4, -0.2) is 35.4 Å². The average molecular weight is 474 g/mol. The molecule has 4 rings (SSSR count). The van der Waals surface area contributed by atoms with Gasteiger partial charge in [0.2, 0.25) is 5.91 Å². The zero-order valence-electron chi connectivity index (χ0n) is 17.5. The molecule has 1 aliphatic rings. The summed E-state index contributed by atoms with van der Waals surface area (Å²) in [5.74, 6) is 0.0670. The second-order valence-corrected chi connectivity index (χ2v) is 6.97. The van der Waals surface area contributed by atoms with Gasteiger partial charge in [-0.3, -0.25) is 10.2 Å². The van der Waals surface area contributed by atoms with E-state index in [1.54, 1.807) is 0 Å². The van der Waals surface area contributed by atoms with Gasteiger partial charge in [-0.05, 0) is 36.4 Å². The SMILES string of the molecule is COc1cc(Oc2nc(Oc3ccc(C(F)(F)F)cc3)nc3c2NC(=O)CN3)cc(C(=N)N)c1. The molecule has 10 nitrogen and oxygen atoms in total. The van der Waals surface area contributed by atoms with E-state index in [1.807, 2.05) is 0 Å². The molecule has 5 N–H and O–H groups in total. The molecule has 0 saturated carbocycles. The first-order chi connectivity index (χ1) is 16.1. The number of methoxy groups -OCH3 is 1. The van der Waals surface area contributed by atoms with E-state index in [1.165, 1.54) is 25.3 Å². The number of anilines is 2. The van der Waals surface area contributed by atoms with Gasteiger partial charge >= 0.3 is 12.2 Å². The summed E-state index contributed by atoms with van der Waals surface area (Å²) >= 11 is 0. The third-order valence-electron chi connectivity index (χ3n) is 4.57. The number of nitrogens with one attached hydrogen (secondary N) is 3. The minimum absolute atomic E-state index is 0.0546. The summed E-state index contributed by atoms with van der Waals surface area (Å²) in [7, 11) is 1.43. The predicted molar refractivity (Wildman–Crippen MR) is 115 cm³/mol. The molecule has 176 valence electrons. The quantitative estimate of drug-likeness (QED) is 0.312. The third-order valence-corrected chi connectivity index (χ3v) is 4.57. The Morgan fingerprint density at radius 3 is 2.41 bits per heavy atom. The number of aromatic nitrogens is 2. The van der Waals surface area contributed by atoms with Crippen molar-refractivity contribution in [2.45, 2.75) is 6.18 Å². The van der Waals surface area contributed by atoms with Crippen LogP contribution >= 0.6 is 0 Å². The molecule has 0 saturated heterocycles. The van der Waals surface area contributed by atoms with Crippen molar-refractivity contribution in [2.24, 2.45) is 5.73 Å². The number of amides is 1. The smallest absolute Gasteiger partial charge is 0.416 e. The minimum Gasteiger partial charge on any atom is -0.497 e. The molecule has 0 bridgehead atoms. The van der Waals surface area contributed by atoms with Crippen molar-refractivity contribution in [2.75, 3.05) is 24.3 Å². The summed E-state index contributed by atoms with van der Waals surface area (Å²) < 4.78 is 55.0. The Morgan fingerprint density at radius 1 is 1.06 bits per heavy atom. The molecule has 0 fully saturated rings. The largest absolute Gasteiger partial charge is 0.497 e. The molecule has 1 aliphatic heterocycles.